The Morgan fingerprint density at radius 1 is 1.70 bits per heavy atom. The Bertz CT molecular complexity index is 220. The van der Waals surface area contributed by atoms with Gasteiger partial charge in [-0.05, 0) is 6.42 Å². The van der Waals surface area contributed by atoms with E-state index in [2.05, 4.69) is 0 Å². The Morgan fingerprint density at radius 3 is 2.80 bits per heavy atom. The Morgan fingerprint density at radius 2 is 2.40 bits per heavy atom. The fourth-order valence-electron chi connectivity index (χ4n) is 0.679. The van der Waals surface area contributed by atoms with Gasteiger partial charge in [0.25, 0.3) is 5.70 Å². The van der Waals surface area contributed by atoms with Crippen molar-refractivity contribution in [3.8, 4) is 0 Å². The second kappa shape index (κ2) is 2.84. The van der Waals surface area contributed by atoms with E-state index in [-0.39, 0.29) is 5.70 Å². The summed E-state index contributed by atoms with van der Waals surface area (Å²) in [6, 6.07) is 0. The standard InChI is InChI=1S/C6H5ClNO2/c7-5-2-1-3-6(4-5)8(9)10/h2-4H,1H2. The molecular formula is C6H5ClNO2. The van der Waals surface area contributed by atoms with Crippen molar-refractivity contribution in [3.05, 3.63) is 39.4 Å². The predicted octanol–water partition coefficient (Wildman–Crippen LogP) is 1.88. The predicted molar refractivity (Wildman–Crippen MR) is 37.9 cm³/mol. The number of rotatable bonds is 1. The summed E-state index contributed by atoms with van der Waals surface area (Å²) in [6.07, 6.45) is 5.12. The number of nitro groups is 1. The molecule has 0 bridgehead atoms. The lowest BCUT2D eigenvalue weighted by molar-refractivity contribution is -0.421. The van der Waals surface area contributed by atoms with Gasteiger partial charge >= 0.3 is 0 Å². The number of hydrogen-bond acceptors (Lipinski definition) is 2. The van der Waals surface area contributed by atoms with Gasteiger partial charge in [0, 0.05) is 11.1 Å². The monoisotopic (exact) mass is 158 g/mol. The topological polar surface area (TPSA) is 43.1 Å². The van der Waals surface area contributed by atoms with Gasteiger partial charge in [-0.2, -0.15) is 0 Å². The summed E-state index contributed by atoms with van der Waals surface area (Å²) < 4.78 is 0. The average Bonchev–Trinajstić information content (AvgIpc) is 1.88. The Hall–Kier alpha value is -0.830. The number of nitrogens with zero attached hydrogens (tertiary/aromatic N) is 1. The molecule has 0 unspecified atom stereocenters. The molecule has 3 nitrogen and oxygen atoms in total. The van der Waals surface area contributed by atoms with Crippen LogP contribution in [0.5, 0.6) is 0 Å². The molecule has 4 heteroatoms. The van der Waals surface area contributed by atoms with Gasteiger partial charge in [-0.3, -0.25) is 10.1 Å². The molecule has 0 N–H and O–H groups in total. The van der Waals surface area contributed by atoms with Gasteiger partial charge in [-0.1, -0.05) is 17.7 Å². The third-order valence-corrected chi connectivity index (χ3v) is 1.40. The van der Waals surface area contributed by atoms with Crippen molar-refractivity contribution in [2.45, 2.75) is 6.42 Å². The fourth-order valence-corrected chi connectivity index (χ4v) is 0.879. The smallest absolute Gasteiger partial charge is 0.251 e. The minimum atomic E-state index is -0.449. The van der Waals surface area contributed by atoms with Crippen LogP contribution in [-0.4, -0.2) is 4.92 Å². The lowest BCUT2D eigenvalue weighted by Gasteiger charge is -2.00. The normalized spacial score (nSPS) is 17.7. The first kappa shape index (κ1) is 7.28. The summed E-state index contributed by atoms with van der Waals surface area (Å²) in [6.45, 7) is 0. The van der Waals surface area contributed by atoms with E-state index in [9.17, 15) is 10.1 Å². The molecule has 0 aliphatic heterocycles. The van der Waals surface area contributed by atoms with Crippen LogP contribution >= 0.6 is 11.6 Å². The molecule has 0 amide bonds. The van der Waals surface area contributed by atoms with Crippen LogP contribution in [0, 0.1) is 16.5 Å². The van der Waals surface area contributed by atoms with E-state index in [1.54, 1.807) is 6.08 Å². The number of allylic oxidation sites excluding steroid dienone is 4. The van der Waals surface area contributed by atoms with Crippen LogP contribution in [0.25, 0.3) is 0 Å². The van der Waals surface area contributed by atoms with E-state index in [4.69, 9.17) is 11.6 Å². The van der Waals surface area contributed by atoms with E-state index in [0.717, 1.165) is 0 Å². The molecule has 53 valence electrons. The van der Waals surface area contributed by atoms with Crippen LogP contribution in [0.4, 0.5) is 0 Å². The summed E-state index contributed by atoms with van der Waals surface area (Å²) in [5.41, 5.74) is 0.0764. The quantitative estimate of drug-likeness (QED) is 0.432. The van der Waals surface area contributed by atoms with Gasteiger partial charge in [0.1, 0.15) is 0 Å². The van der Waals surface area contributed by atoms with E-state index in [0.29, 0.717) is 11.5 Å². The highest BCUT2D eigenvalue weighted by Gasteiger charge is 2.13. The van der Waals surface area contributed by atoms with Crippen LogP contribution in [0.3, 0.4) is 0 Å². The van der Waals surface area contributed by atoms with Crippen molar-refractivity contribution >= 4 is 11.6 Å². The minimum absolute atomic E-state index is 0.0764. The highest BCUT2D eigenvalue weighted by atomic mass is 35.5. The molecule has 0 atom stereocenters. The maximum Gasteiger partial charge on any atom is 0.251 e. The van der Waals surface area contributed by atoms with Gasteiger partial charge < -0.3 is 0 Å². The summed E-state index contributed by atoms with van der Waals surface area (Å²) in [7, 11) is 0. The Kier molecular flexibility index (Phi) is 2.06. The second-order valence-electron chi connectivity index (χ2n) is 1.86. The molecule has 0 aromatic carbocycles. The second-order valence-corrected chi connectivity index (χ2v) is 2.29. The van der Waals surface area contributed by atoms with Crippen molar-refractivity contribution < 1.29 is 4.92 Å². The number of hydrogen-bond donors (Lipinski definition) is 0. The molecule has 1 radical (unpaired) electrons. The van der Waals surface area contributed by atoms with Gasteiger partial charge in [0.15, 0.2) is 0 Å². The maximum atomic E-state index is 10.1. The first-order valence-electron chi connectivity index (χ1n) is 2.75. The van der Waals surface area contributed by atoms with E-state index in [1.165, 1.54) is 12.5 Å². The average molecular weight is 159 g/mol. The molecule has 0 spiro atoms. The van der Waals surface area contributed by atoms with Crippen molar-refractivity contribution in [1.82, 2.24) is 0 Å². The molecule has 0 fully saturated rings. The van der Waals surface area contributed by atoms with Gasteiger partial charge in [0.05, 0.1) is 11.3 Å². The summed E-state index contributed by atoms with van der Waals surface area (Å²) in [5.74, 6) is 0. The van der Waals surface area contributed by atoms with Crippen LogP contribution in [0.15, 0.2) is 22.9 Å². The van der Waals surface area contributed by atoms with Crippen molar-refractivity contribution in [2.24, 2.45) is 0 Å². The Balaban J connectivity index is 2.78. The molecular weight excluding hydrogens is 154 g/mol. The molecule has 1 aliphatic rings. The summed E-state index contributed by atoms with van der Waals surface area (Å²) in [4.78, 5) is 9.67. The zero-order valence-corrected chi connectivity index (χ0v) is 5.84. The van der Waals surface area contributed by atoms with Crippen LogP contribution in [0.1, 0.15) is 6.42 Å². The minimum Gasteiger partial charge on any atom is -0.259 e. The van der Waals surface area contributed by atoms with E-state index in [1.807, 2.05) is 0 Å². The molecule has 0 aromatic heterocycles. The molecule has 1 rings (SSSR count). The molecule has 1 aliphatic carbocycles. The Labute approximate surface area is 63.1 Å². The largest absolute Gasteiger partial charge is 0.259 e. The summed E-state index contributed by atoms with van der Waals surface area (Å²) in [5, 5.41) is 10.6. The zero-order valence-electron chi connectivity index (χ0n) is 5.08. The molecule has 0 heterocycles. The van der Waals surface area contributed by atoms with Crippen LogP contribution in [0.2, 0.25) is 0 Å². The third-order valence-electron chi connectivity index (χ3n) is 1.14. The first-order valence-corrected chi connectivity index (χ1v) is 3.13. The molecule has 0 aromatic rings. The maximum absolute atomic E-state index is 10.1. The van der Waals surface area contributed by atoms with Crippen LogP contribution < -0.4 is 0 Å². The van der Waals surface area contributed by atoms with E-state index < -0.39 is 4.92 Å². The first-order chi connectivity index (χ1) is 4.70. The zero-order chi connectivity index (χ0) is 7.56. The van der Waals surface area contributed by atoms with Gasteiger partial charge in [-0.25, -0.2) is 0 Å². The van der Waals surface area contributed by atoms with Crippen molar-refractivity contribution in [3.63, 3.8) is 0 Å². The molecule has 0 saturated carbocycles. The molecule has 0 saturated heterocycles. The van der Waals surface area contributed by atoms with Crippen molar-refractivity contribution in [2.75, 3.05) is 0 Å². The highest BCUT2D eigenvalue weighted by Crippen LogP contribution is 2.18. The lowest BCUT2D eigenvalue weighted by Crippen LogP contribution is -2.01. The van der Waals surface area contributed by atoms with Gasteiger partial charge in [-0.15, -0.1) is 0 Å². The van der Waals surface area contributed by atoms with Crippen molar-refractivity contribution in [1.29, 1.82) is 0 Å². The van der Waals surface area contributed by atoms with E-state index >= 15 is 0 Å². The molecule has 10 heavy (non-hydrogen) atoms. The van der Waals surface area contributed by atoms with Gasteiger partial charge in [0.2, 0.25) is 0 Å². The lowest BCUT2D eigenvalue weighted by atomic mass is 10.1. The number of halogens is 1. The third kappa shape index (κ3) is 1.57. The summed E-state index contributed by atoms with van der Waals surface area (Å²) >= 11 is 5.52. The van der Waals surface area contributed by atoms with Crippen LogP contribution in [-0.2, 0) is 0 Å². The SMILES string of the molecule is O=[N+]([O-])C1=CC(Cl)=CC[CH]1. The highest BCUT2D eigenvalue weighted by molar-refractivity contribution is 6.31. The fraction of sp³-hybridized carbons (Fsp3) is 0.167.